The maximum absolute atomic E-state index is 13.0. The Morgan fingerprint density at radius 3 is 2.65 bits per heavy atom. The van der Waals surface area contributed by atoms with Crippen molar-refractivity contribution in [1.82, 2.24) is 5.32 Å². The Kier molecular flexibility index (Phi) is 5.90. The molecule has 4 rings (SSSR count). The van der Waals surface area contributed by atoms with Gasteiger partial charge in [0.25, 0.3) is 5.91 Å². The number of hydrogen-bond acceptors (Lipinski definition) is 4. The van der Waals surface area contributed by atoms with Crippen LogP contribution in [0.4, 0.5) is 0 Å². The molecular weight excluding hydrogens is 352 g/mol. The maximum atomic E-state index is 13.0. The molecule has 3 N–H and O–H groups in total. The molecule has 2 unspecified atom stereocenters. The van der Waals surface area contributed by atoms with Gasteiger partial charge in [-0.1, -0.05) is 24.6 Å². The predicted octanol–water partition coefficient (Wildman–Crippen LogP) is 3.64. The molecule has 2 atom stereocenters. The normalized spacial score (nSPS) is 27.8. The molecule has 0 radical (unpaired) electrons. The molecule has 26 heavy (non-hydrogen) atoms. The predicted molar refractivity (Wildman–Crippen MR) is 103 cm³/mol. The van der Waals surface area contributed by atoms with Gasteiger partial charge in [0.1, 0.15) is 5.58 Å². The van der Waals surface area contributed by atoms with Crippen molar-refractivity contribution in [2.75, 3.05) is 7.11 Å². The minimum atomic E-state index is -0.124. The Balaban J connectivity index is 0.00000196. The topological polar surface area (TPSA) is 77.5 Å². The lowest BCUT2D eigenvalue weighted by Gasteiger charge is -2.45. The molecule has 2 aliphatic rings. The standard InChI is InChI=1S/C20H26N2O3.ClH/c1-24-11-16-15-7-2-3-8-17(15)25-19(16)20(23)22-18-12-5-4-6-13(18)10-14(21)9-12;/h2-3,7-8,12-14,18H,4-6,9-11,21H2,1H3,(H,22,23);1H. The van der Waals surface area contributed by atoms with Crippen molar-refractivity contribution in [3.8, 4) is 0 Å². The summed E-state index contributed by atoms with van der Waals surface area (Å²) in [6.07, 6.45) is 5.56. The molecule has 5 nitrogen and oxygen atoms in total. The number of ether oxygens (including phenoxy) is 1. The lowest BCUT2D eigenvalue weighted by Crippen LogP contribution is -2.53. The zero-order valence-electron chi connectivity index (χ0n) is 15.1. The van der Waals surface area contributed by atoms with Crippen LogP contribution in [0.5, 0.6) is 0 Å². The van der Waals surface area contributed by atoms with Gasteiger partial charge >= 0.3 is 0 Å². The summed E-state index contributed by atoms with van der Waals surface area (Å²) in [5.41, 5.74) is 7.75. The Morgan fingerprint density at radius 2 is 1.96 bits per heavy atom. The van der Waals surface area contributed by atoms with Gasteiger partial charge in [0, 0.05) is 30.1 Å². The third-order valence-electron chi connectivity index (χ3n) is 5.87. The summed E-state index contributed by atoms with van der Waals surface area (Å²) in [6.45, 7) is 0.363. The Labute approximate surface area is 160 Å². The van der Waals surface area contributed by atoms with Crippen LogP contribution in [0.25, 0.3) is 11.0 Å². The first-order chi connectivity index (χ1) is 12.2. The highest BCUT2D eigenvalue weighted by Gasteiger charge is 2.40. The fourth-order valence-electron chi connectivity index (χ4n) is 4.81. The molecule has 2 saturated carbocycles. The van der Waals surface area contributed by atoms with Crippen LogP contribution < -0.4 is 11.1 Å². The van der Waals surface area contributed by atoms with E-state index in [1.807, 2.05) is 24.3 Å². The molecule has 2 bridgehead atoms. The van der Waals surface area contributed by atoms with Gasteiger partial charge in [-0.15, -0.1) is 12.4 Å². The minimum absolute atomic E-state index is 0. The van der Waals surface area contributed by atoms with E-state index in [9.17, 15) is 4.79 Å². The highest BCUT2D eigenvalue weighted by molar-refractivity contribution is 5.99. The van der Waals surface area contributed by atoms with E-state index in [0.717, 1.165) is 42.2 Å². The van der Waals surface area contributed by atoms with E-state index >= 15 is 0 Å². The molecule has 1 aromatic heterocycles. The summed E-state index contributed by atoms with van der Waals surface area (Å²) < 4.78 is 11.2. The fraction of sp³-hybridized carbons (Fsp3) is 0.550. The van der Waals surface area contributed by atoms with Gasteiger partial charge in [-0.25, -0.2) is 0 Å². The summed E-state index contributed by atoms with van der Waals surface area (Å²) >= 11 is 0. The van der Waals surface area contributed by atoms with Crippen LogP contribution in [0.15, 0.2) is 28.7 Å². The van der Waals surface area contributed by atoms with Crippen molar-refractivity contribution in [1.29, 1.82) is 0 Å². The first kappa shape index (κ1) is 19.2. The van der Waals surface area contributed by atoms with Crippen LogP contribution in [-0.4, -0.2) is 25.1 Å². The number of hydrogen-bond donors (Lipinski definition) is 2. The Morgan fingerprint density at radius 1 is 1.27 bits per heavy atom. The van der Waals surface area contributed by atoms with Crippen molar-refractivity contribution < 1.29 is 13.9 Å². The number of carbonyl (C=O) groups excluding carboxylic acids is 1. The van der Waals surface area contributed by atoms with Crippen LogP contribution in [-0.2, 0) is 11.3 Å². The van der Waals surface area contributed by atoms with E-state index in [-0.39, 0.29) is 30.4 Å². The van der Waals surface area contributed by atoms with E-state index in [2.05, 4.69) is 5.32 Å². The second-order valence-corrected chi connectivity index (χ2v) is 7.52. The quantitative estimate of drug-likeness (QED) is 0.851. The molecular formula is C20H27ClN2O3. The van der Waals surface area contributed by atoms with E-state index in [4.69, 9.17) is 14.9 Å². The number of furan rings is 1. The van der Waals surface area contributed by atoms with Crippen molar-refractivity contribution in [2.45, 2.75) is 50.8 Å². The number of halogens is 1. The molecule has 0 aliphatic heterocycles. The second kappa shape index (κ2) is 7.99. The van der Waals surface area contributed by atoms with E-state index in [1.165, 1.54) is 6.42 Å². The molecule has 6 heteroatoms. The van der Waals surface area contributed by atoms with E-state index in [1.54, 1.807) is 7.11 Å². The summed E-state index contributed by atoms with van der Waals surface area (Å²) in [4.78, 5) is 13.0. The van der Waals surface area contributed by atoms with Gasteiger partial charge in [-0.05, 0) is 43.6 Å². The highest BCUT2D eigenvalue weighted by atomic mass is 35.5. The van der Waals surface area contributed by atoms with Gasteiger partial charge in [0.05, 0.1) is 6.61 Å². The van der Waals surface area contributed by atoms with Crippen molar-refractivity contribution in [2.24, 2.45) is 17.6 Å². The van der Waals surface area contributed by atoms with Crippen LogP contribution in [0.2, 0.25) is 0 Å². The van der Waals surface area contributed by atoms with Gasteiger partial charge < -0.3 is 20.2 Å². The molecule has 2 aromatic rings. The molecule has 1 amide bonds. The van der Waals surface area contributed by atoms with Gasteiger partial charge in [-0.2, -0.15) is 0 Å². The average Bonchev–Trinajstić information content (AvgIpc) is 2.95. The zero-order chi connectivity index (χ0) is 17.4. The SMILES string of the molecule is COCc1c(C(=O)NC2C3CCCC2CC(N)C3)oc2ccccc12.Cl. The fourth-order valence-corrected chi connectivity index (χ4v) is 4.81. The Hall–Kier alpha value is -1.56. The number of benzene rings is 1. The third-order valence-corrected chi connectivity index (χ3v) is 5.87. The van der Waals surface area contributed by atoms with Crippen molar-refractivity contribution in [3.63, 3.8) is 0 Å². The van der Waals surface area contributed by atoms with Crippen molar-refractivity contribution in [3.05, 3.63) is 35.6 Å². The monoisotopic (exact) mass is 378 g/mol. The van der Waals surface area contributed by atoms with Crippen LogP contribution in [0, 0.1) is 11.8 Å². The summed E-state index contributed by atoms with van der Waals surface area (Å²) in [7, 11) is 1.64. The Bertz CT molecular complexity index is 762. The van der Waals surface area contributed by atoms with Crippen molar-refractivity contribution >= 4 is 29.3 Å². The average molecular weight is 379 g/mol. The van der Waals surface area contributed by atoms with Crippen LogP contribution >= 0.6 is 12.4 Å². The highest BCUT2D eigenvalue weighted by Crippen LogP contribution is 2.40. The summed E-state index contributed by atoms with van der Waals surface area (Å²) in [6, 6.07) is 8.21. The summed E-state index contributed by atoms with van der Waals surface area (Å²) in [5.74, 6) is 1.24. The summed E-state index contributed by atoms with van der Waals surface area (Å²) in [5, 5.41) is 4.22. The van der Waals surface area contributed by atoms with E-state index in [0.29, 0.717) is 24.2 Å². The van der Waals surface area contributed by atoms with Crippen LogP contribution in [0.1, 0.15) is 48.2 Å². The molecule has 2 fully saturated rings. The number of amides is 1. The lowest BCUT2D eigenvalue weighted by atomic mass is 9.67. The van der Waals surface area contributed by atoms with Gasteiger partial charge in [0.15, 0.2) is 5.76 Å². The number of rotatable bonds is 4. The lowest BCUT2D eigenvalue weighted by molar-refractivity contribution is 0.0729. The molecule has 1 heterocycles. The number of para-hydroxylation sites is 1. The molecule has 0 saturated heterocycles. The number of carbonyl (C=O) groups is 1. The number of fused-ring (bicyclic) bond motifs is 3. The first-order valence-corrected chi connectivity index (χ1v) is 9.23. The van der Waals surface area contributed by atoms with Crippen LogP contribution in [0.3, 0.4) is 0 Å². The second-order valence-electron chi connectivity index (χ2n) is 7.52. The number of methoxy groups -OCH3 is 1. The minimum Gasteiger partial charge on any atom is -0.451 e. The first-order valence-electron chi connectivity index (χ1n) is 9.23. The molecule has 142 valence electrons. The molecule has 0 spiro atoms. The zero-order valence-corrected chi connectivity index (χ0v) is 15.9. The largest absolute Gasteiger partial charge is 0.451 e. The third kappa shape index (κ3) is 3.48. The number of nitrogens with one attached hydrogen (secondary N) is 1. The molecule has 2 aliphatic carbocycles. The smallest absolute Gasteiger partial charge is 0.287 e. The molecule has 1 aromatic carbocycles. The van der Waals surface area contributed by atoms with Gasteiger partial charge in [-0.3, -0.25) is 4.79 Å². The number of nitrogens with two attached hydrogens (primary N) is 1. The van der Waals surface area contributed by atoms with E-state index < -0.39 is 0 Å². The maximum Gasteiger partial charge on any atom is 0.287 e. The van der Waals surface area contributed by atoms with Gasteiger partial charge in [0.2, 0.25) is 0 Å².